The first-order valence-electron chi connectivity index (χ1n) is 11.6. The normalized spacial score (nSPS) is 21.0. The van der Waals surface area contributed by atoms with Crippen molar-refractivity contribution in [1.29, 1.82) is 0 Å². The first-order valence-corrected chi connectivity index (χ1v) is 11.6. The van der Waals surface area contributed by atoms with Crippen molar-refractivity contribution in [3.8, 4) is 0 Å². The minimum atomic E-state index is -4.36. The Morgan fingerprint density at radius 1 is 1.11 bits per heavy atom. The number of aromatic nitrogens is 2. The van der Waals surface area contributed by atoms with Crippen molar-refractivity contribution >= 4 is 18.2 Å². The van der Waals surface area contributed by atoms with Gasteiger partial charge in [-0.15, -0.1) is 0 Å². The van der Waals surface area contributed by atoms with E-state index in [1.807, 2.05) is 6.92 Å². The number of rotatable bonds is 3. The van der Waals surface area contributed by atoms with Gasteiger partial charge in [0.2, 0.25) is 0 Å². The molecule has 0 bridgehead atoms. The Morgan fingerprint density at radius 3 is 2.23 bits per heavy atom. The van der Waals surface area contributed by atoms with Crippen LogP contribution in [0.4, 0.5) is 23.7 Å². The van der Waals surface area contributed by atoms with Crippen LogP contribution in [-0.2, 0) is 17.5 Å². The molecule has 35 heavy (non-hydrogen) atoms. The number of hydrogen-bond acceptors (Lipinski definition) is 5. The molecule has 192 valence electrons. The van der Waals surface area contributed by atoms with Crippen molar-refractivity contribution < 1.29 is 27.9 Å². The van der Waals surface area contributed by atoms with Crippen molar-refractivity contribution in [2.45, 2.75) is 58.4 Å². The lowest BCUT2D eigenvalue weighted by atomic mass is 10.0. The van der Waals surface area contributed by atoms with Crippen LogP contribution in [0.3, 0.4) is 0 Å². The van der Waals surface area contributed by atoms with Crippen LogP contribution in [0.1, 0.15) is 43.5 Å². The van der Waals surface area contributed by atoms with Gasteiger partial charge in [0.1, 0.15) is 0 Å². The highest BCUT2D eigenvalue weighted by atomic mass is 19.4. The third kappa shape index (κ3) is 6.33. The standard InChI is InChI=1S/C23H30F3N5O.CH2O2/c1-16-8-9-30(27-16)22(32)29-12-10-28(11-13-29)15-19-6-7-20(23(24,25)26)14-21(19)31-17(2)4-5-18(31)3;2-1-3/h6-9,14,17-18H,4-5,10-13,15H2,1-3H3;1H,(H,2,3). The third-order valence-electron chi connectivity index (χ3n) is 6.60. The summed E-state index contributed by atoms with van der Waals surface area (Å²) in [6.07, 6.45) is -0.748. The number of nitrogens with zero attached hydrogens (tertiary/aromatic N) is 5. The Balaban J connectivity index is 0.00000108. The quantitative estimate of drug-likeness (QED) is 0.647. The summed E-state index contributed by atoms with van der Waals surface area (Å²) in [4.78, 5) is 27.1. The molecule has 3 heterocycles. The van der Waals surface area contributed by atoms with Crippen molar-refractivity contribution in [3.05, 3.63) is 47.3 Å². The maximum atomic E-state index is 13.4. The van der Waals surface area contributed by atoms with E-state index < -0.39 is 11.7 Å². The van der Waals surface area contributed by atoms with Crippen LogP contribution in [0, 0.1) is 6.92 Å². The lowest BCUT2D eigenvalue weighted by molar-refractivity contribution is -0.137. The molecule has 2 saturated heterocycles. The minimum Gasteiger partial charge on any atom is -0.483 e. The van der Waals surface area contributed by atoms with E-state index in [0.29, 0.717) is 38.4 Å². The summed E-state index contributed by atoms with van der Waals surface area (Å²) in [5.41, 5.74) is 1.77. The van der Waals surface area contributed by atoms with Gasteiger partial charge in [-0.05, 0) is 57.4 Å². The topological polar surface area (TPSA) is 81.9 Å². The average Bonchev–Trinajstić information content (AvgIpc) is 3.39. The predicted molar refractivity (Wildman–Crippen MR) is 125 cm³/mol. The maximum Gasteiger partial charge on any atom is 0.416 e. The van der Waals surface area contributed by atoms with E-state index in [2.05, 4.69) is 28.7 Å². The van der Waals surface area contributed by atoms with Gasteiger partial charge >= 0.3 is 12.2 Å². The number of halogens is 3. The number of benzene rings is 1. The van der Waals surface area contributed by atoms with E-state index >= 15 is 0 Å². The highest BCUT2D eigenvalue weighted by Crippen LogP contribution is 2.38. The highest BCUT2D eigenvalue weighted by Gasteiger charge is 2.35. The molecule has 1 N–H and O–H groups in total. The fraction of sp³-hybridized carbons (Fsp3) is 0.542. The molecule has 0 aliphatic carbocycles. The Morgan fingerprint density at radius 2 is 1.71 bits per heavy atom. The Kier molecular flexibility index (Phi) is 8.42. The number of alkyl halides is 3. The van der Waals surface area contributed by atoms with E-state index in [4.69, 9.17) is 9.90 Å². The fourth-order valence-electron chi connectivity index (χ4n) is 4.79. The van der Waals surface area contributed by atoms with Gasteiger partial charge in [0.15, 0.2) is 0 Å². The molecule has 1 aromatic carbocycles. The van der Waals surface area contributed by atoms with E-state index in [0.717, 1.165) is 24.1 Å². The second-order valence-electron chi connectivity index (χ2n) is 9.08. The minimum absolute atomic E-state index is 0.146. The first kappa shape index (κ1) is 26.5. The lowest BCUT2D eigenvalue weighted by Crippen LogP contribution is -2.49. The summed E-state index contributed by atoms with van der Waals surface area (Å²) >= 11 is 0. The molecule has 0 radical (unpaired) electrons. The van der Waals surface area contributed by atoms with Crippen molar-refractivity contribution in [3.63, 3.8) is 0 Å². The van der Waals surface area contributed by atoms with E-state index in [-0.39, 0.29) is 24.6 Å². The summed E-state index contributed by atoms with van der Waals surface area (Å²) < 4.78 is 41.6. The van der Waals surface area contributed by atoms with Gasteiger partial charge in [0.05, 0.1) is 11.3 Å². The monoisotopic (exact) mass is 495 g/mol. The molecule has 2 fully saturated rings. The zero-order chi connectivity index (χ0) is 25.8. The van der Waals surface area contributed by atoms with Gasteiger partial charge < -0.3 is 14.9 Å². The van der Waals surface area contributed by atoms with Gasteiger partial charge in [0.25, 0.3) is 6.47 Å². The van der Waals surface area contributed by atoms with Gasteiger partial charge in [-0.25, -0.2) is 4.79 Å². The summed E-state index contributed by atoms with van der Waals surface area (Å²) in [6, 6.07) is 6.18. The van der Waals surface area contributed by atoms with Crippen molar-refractivity contribution in [1.82, 2.24) is 19.6 Å². The number of carbonyl (C=O) groups excluding carboxylic acids is 1. The second-order valence-corrected chi connectivity index (χ2v) is 9.08. The molecule has 2 aliphatic heterocycles. The largest absolute Gasteiger partial charge is 0.483 e. The van der Waals surface area contributed by atoms with Crippen LogP contribution in [0.5, 0.6) is 0 Å². The van der Waals surface area contributed by atoms with Crippen LogP contribution < -0.4 is 4.90 Å². The molecule has 2 atom stereocenters. The van der Waals surface area contributed by atoms with E-state index in [1.165, 1.54) is 16.8 Å². The number of aryl methyl sites for hydroxylation is 1. The number of amides is 1. The van der Waals surface area contributed by atoms with Crippen LogP contribution in [0.2, 0.25) is 0 Å². The molecular formula is C24H32F3N5O3. The molecule has 11 heteroatoms. The molecule has 0 spiro atoms. The van der Waals surface area contributed by atoms with Gasteiger partial charge in [-0.2, -0.15) is 23.0 Å². The van der Waals surface area contributed by atoms with E-state index in [1.54, 1.807) is 23.2 Å². The Hall–Kier alpha value is -3.08. The lowest BCUT2D eigenvalue weighted by Gasteiger charge is -2.36. The number of anilines is 1. The van der Waals surface area contributed by atoms with E-state index in [9.17, 15) is 18.0 Å². The molecule has 2 aliphatic rings. The first-order chi connectivity index (χ1) is 16.5. The van der Waals surface area contributed by atoms with Gasteiger partial charge in [-0.1, -0.05) is 6.07 Å². The molecule has 4 rings (SSSR count). The number of hydrogen-bond donors (Lipinski definition) is 1. The fourth-order valence-corrected chi connectivity index (χ4v) is 4.79. The molecule has 2 unspecified atom stereocenters. The zero-order valence-corrected chi connectivity index (χ0v) is 20.2. The van der Waals surface area contributed by atoms with Gasteiger partial charge in [0, 0.05) is 56.7 Å². The molecule has 1 amide bonds. The molecule has 1 aromatic heterocycles. The molecule has 0 saturated carbocycles. The maximum absolute atomic E-state index is 13.4. The average molecular weight is 496 g/mol. The van der Waals surface area contributed by atoms with Gasteiger partial charge in [-0.3, -0.25) is 9.69 Å². The highest BCUT2D eigenvalue weighted by molar-refractivity contribution is 5.76. The molecule has 2 aromatic rings. The third-order valence-corrected chi connectivity index (χ3v) is 6.60. The molecule has 8 nitrogen and oxygen atoms in total. The predicted octanol–water partition coefficient (Wildman–Crippen LogP) is 4.07. The number of piperazine rings is 1. The van der Waals surface area contributed by atoms with Crippen LogP contribution in [0.15, 0.2) is 30.5 Å². The summed E-state index contributed by atoms with van der Waals surface area (Å²) in [7, 11) is 0. The molecular weight excluding hydrogens is 463 g/mol. The Labute approximate surface area is 202 Å². The van der Waals surface area contributed by atoms with Crippen LogP contribution >= 0.6 is 0 Å². The SMILES string of the molecule is Cc1ccn(C(=O)N2CCN(Cc3ccc(C(F)(F)F)cc3N3C(C)CCC3C)CC2)n1.O=CO. The van der Waals surface area contributed by atoms with Crippen LogP contribution in [0.25, 0.3) is 0 Å². The summed E-state index contributed by atoms with van der Waals surface area (Å²) in [6.45, 7) is 8.76. The second kappa shape index (κ2) is 11.1. The Bertz CT molecular complexity index is 1010. The van der Waals surface area contributed by atoms with Crippen LogP contribution in [-0.4, -0.2) is 75.5 Å². The number of carboxylic acid groups (broad SMARTS) is 1. The van der Waals surface area contributed by atoms with Crippen molar-refractivity contribution in [2.75, 3.05) is 31.1 Å². The summed E-state index contributed by atoms with van der Waals surface area (Å²) in [5.74, 6) is 0. The zero-order valence-electron chi connectivity index (χ0n) is 20.2. The summed E-state index contributed by atoms with van der Waals surface area (Å²) in [5, 5.41) is 11.1. The smallest absolute Gasteiger partial charge is 0.416 e. The number of carbonyl (C=O) groups is 2. The van der Waals surface area contributed by atoms with Crippen molar-refractivity contribution in [2.24, 2.45) is 0 Å².